The zero-order valence-corrected chi connectivity index (χ0v) is 11.3. The highest BCUT2D eigenvalue weighted by molar-refractivity contribution is 5.96. The van der Waals surface area contributed by atoms with E-state index in [2.05, 4.69) is 0 Å². The first kappa shape index (κ1) is 13.9. The van der Waals surface area contributed by atoms with Gasteiger partial charge in [-0.2, -0.15) is 0 Å². The van der Waals surface area contributed by atoms with Gasteiger partial charge in [-0.25, -0.2) is 0 Å². The summed E-state index contributed by atoms with van der Waals surface area (Å²) in [6, 6.07) is 5.36. The molecule has 0 aliphatic carbocycles. The lowest BCUT2D eigenvalue weighted by Gasteiger charge is -2.09. The average molecular weight is 264 g/mol. The SMILES string of the molecule is CCCOCCC(=O)c1ccc2c(c1)OCCCO2. The lowest BCUT2D eigenvalue weighted by Crippen LogP contribution is -2.06. The highest BCUT2D eigenvalue weighted by Gasteiger charge is 2.13. The molecule has 1 aliphatic heterocycles. The van der Waals surface area contributed by atoms with Crippen molar-refractivity contribution in [1.82, 2.24) is 0 Å². The summed E-state index contributed by atoms with van der Waals surface area (Å²) in [7, 11) is 0. The van der Waals surface area contributed by atoms with Crippen molar-refractivity contribution in [1.29, 1.82) is 0 Å². The van der Waals surface area contributed by atoms with Crippen LogP contribution in [-0.2, 0) is 4.74 Å². The summed E-state index contributed by atoms with van der Waals surface area (Å²) in [4.78, 5) is 12.0. The predicted octanol–water partition coefficient (Wildman–Crippen LogP) is 2.85. The molecule has 0 bridgehead atoms. The van der Waals surface area contributed by atoms with Crippen LogP contribution in [0.25, 0.3) is 0 Å². The van der Waals surface area contributed by atoms with Crippen molar-refractivity contribution in [3.63, 3.8) is 0 Å². The molecule has 4 nitrogen and oxygen atoms in total. The number of hydrogen-bond donors (Lipinski definition) is 0. The van der Waals surface area contributed by atoms with Gasteiger partial charge in [0.25, 0.3) is 0 Å². The van der Waals surface area contributed by atoms with Gasteiger partial charge in [-0.3, -0.25) is 4.79 Å². The molecule has 0 saturated carbocycles. The van der Waals surface area contributed by atoms with Gasteiger partial charge in [0, 0.05) is 25.0 Å². The maximum absolute atomic E-state index is 12.0. The van der Waals surface area contributed by atoms with Crippen molar-refractivity contribution in [3.05, 3.63) is 23.8 Å². The van der Waals surface area contributed by atoms with Gasteiger partial charge in [-0.15, -0.1) is 0 Å². The number of carbonyl (C=O) groups excluding carboxylic acids is 1. The van der Waals surface area contributed by atoms with Gasteiger partial charge in [-0.05, 0) is 24.6 Å². The lowest BCUT2D eigenvalue weighted by molar-refractivity contribution is 0.0878. The zero-order valence-electron chi connectivity index (χ0n) is 11.3. The van der Waals surface area contributed by atoms with E-state index >= 15 is 0 Å². The van der Waals surface area contributed by atoms with Crippen LogP contribution in [0.15, 0.2) is 18.2 Å². The summed E-state index contributed by atoms with van der Waals surface area (Å²) >= 11 is 0. The second-order valence-corrected chi connectivity index (χ2v) is 4.50. The number of ether oxygens (including phenoxy) is 3. The van der Waals surface area contributed by atoms with E-state index in [0.717, 1.165) is 18.6 Å². The third-order valence-corrected chi connectivity index (χ3v) is 2.89. The number of Topliss-reactive ketones (excluding diaryl/α,β-unsaturated/α-hetero) is 1. The van der Waals surface area contributed by atoms with Crippen molar-refractivity contribution in [2.75, 3.05) is 26.4 Å². The van der Waals surface area contributed by atoms with Crippen LogP contribution in [0.5, 0.6) is 11.5 Å². The van der Waals surface area contributed by atoms with E-state index in [1.807, 2.05) is 6.92 Å². The average Bonchev–Trinajstić information content (AvgIpc) is 2.67. The molecule has 0 radical (unpaired) electrons. The van der Waals surface area contributed by atoms with Crippen LogP contribution >= 0.6 is 0 Å². The molecule has 0 amide bonds. The summed E-state index contributed by atoms with van der Waals surface area (Å²) in [5.74, 6) is 1.46. The quantitative estimate of drug-likeness (QED) is 0.585. The maximum atomic E-state index is 12.0. The van der Waals surface area contributed by atoms with E-state index in [-0.39, 0.29) is 5.78 Å². The molecule has 2 rings (SSSR count). The van der Waals surface area contributed by atoms with E-state index in [1.165, 1.54) is 0 Å². The van der Waals surface area contributed by atoms with Crippen molar-refractivity contribution in [2.45, 2.75) is 26.2 Å². The first-order valence-electron chi connectivity index (χ1n) is 6.82. The molecular formula is C15H20O4. The molecule has 0 unspecified atom stereocenters. The first-order valence-corrected chi connectivity index (χ1v) is 6.82. The van der Waals surface area contributed by atoms with Crippen molar-refractivity contribution >= 4 is 5.78 Å². The minimum absolute atomic E-state index is 0.0757. The van der Waals surface area contributed by atoms with Gasteiger partial charge < -0.3 is 14.2 Å². The monoisotopic (exact) mass is 264 g/mol. The third kappa shape index (κ3) is 3.96. The van der Waals surface area contributed by atoms with Gasteiger partial charge in [0.05, 0.1) is 19.8 Å². The van der Waals surface area contributed by atoms with Gasteiger partial charge in [0.1, 0.15) is 0 Å². The molecule has 0 fully saturated rings. The van der Waals surface area contributed by atoms with Crippen LogP contribution in [0.1, 0.15) is 36.5 Å². The second kappa shape index (κ2) is 7.14. The summed E-state index contributed by atoms with van der Waals surface area (Å²) in [6.07, 6.45) is 2.24. The fourth-order valence-corrected chi connectivity index (χ4v) is 1.89. The number of ketones is 1. The highest BCUT2D eigenvalue weighted by atomic mass is 16.5. The topological polar surface area (TPSA) is 44.8 Å². The van der Waals surface area contributed by atoms with Gasteiger partial charge in [-0.1, -0.05) is 6.92 Å². The Balaban J connectivity index is 1.96. The Morgan fingerprint density at radius 1 is 1.21 bits per heavy atom. The van der Waals surface area contributed by atoms with Gasteiger partial charge in [0.15, 0.2) is 17.3 Å². The van der Waals surface area contributed by atoms with Crippen LogP contribution < -0.4 is 9.47 Å². The van der Waals surface area contributed by atoms with Crippen LogP contribution in [-0.4, -0.2) is 32.2 Å². The normalized spacial score (nSPS) is 13.9. The predicted molar refractivity (Wildman–Crippen MR) is 72.1 cm³/mol. The van der Waals surface area contributed by atoms with E-state index < -0.39 is 0 Å². The third-order valence-electron chi connectivity index (χ3n) is 2.89. The maximum Gasteiger partial charge on any atom is 0.165 e. The van der Waals surface area contributed by atoms with Gasteiger partial charge in [0.2, 0.25) is 0 Å². The molecule has 1 aromatic carbocycles. The fourth-order valence-electron chi connectivity index (χ4n) is 1.89. The Morgan fingerprint density at radius 2 is 2.00 bits per heavy atom. The number of hydrogen-bond acceptors (Lipinski definition) is 4. The Hall–Kier alpha value is -1.55. The number of carbonyl (C=O) groups is 1. The Kier molecular flexibility index (Phi) is 5.21. The van der Waals surface area contributed by atoms with Gasteiger partial charge >= 0.3 is 0 Å². The molecule has 1 heterocycles. The fraction of sp³-hybridized carbons (Fsp3) is 0.533. The van der Waals surface area contributed by atoms with Crippen LogP contribution in [0.3, 0.4) is 0 Å². The standard InChI is InChI=1S/C15H20O4/c1-2-7-17-10-6-13(16)12-4-5-14-15(11-12)19-9-3-8-18-14/h4-5,11H,2-3,6-10H2,1H3. The second-order valence-electron chi connectivity index (χ2n) is 4.50. The lowest BCUT2D eigenvalue weighted by atomic mass is 10.1. The number of benzene rings is 1. The molecule has 1 aliphatic rings. The summed E-state index contributed by atoms with van der Waals surface area (Å²) in [5, 5.41) is 0. The smallest absolute Gasteiger partial charge is 0.165 e. The van der Waals surface area contributed by atoms with Crippen LogP contribution in [0.2, 0.25) is 0 Å². The first-order chi connectivity index (χ1) is 9.31. The Morgan fingerprint density at radius 3 is 2.79 bits per heavy atom. The molecule has 4 heteroatoms. The number of fused-ring (bicyclic) bond motifs is 1. The molecule has 0 spiro atoms. The molecule has 19 heavy (non-hydrogen) atoms. The summed E-state index contributed by atoms with van der Waals surface area (Å²) < 4.78 is 16.4. The largest absolute Gasteiger partial charge is 0.490 e. The molecule has 0 aromatic heterocycles. The zero-order chi connectivity index (χ0) is 13.5. The van der Waals surface area contributed by atoms with E-state index in [4.69, 9.17) is 14.2 Å². The summed E-state index contributed by atoms with van der Waals surface area (Å²) in [5.41, 5.74) is 0.657. The highest BCUT2D eigenvalue weighted by Crippen LogP contribution is 2.30. The molecule has 104 valence electrons. The van der Waals surface area contributed by atoms with Crippen molar-refractivity contribution in [2.24, 2.45) is 0 Å². The molecule has 0 saturated heterocycles. The minimum Gasteiger partial charge on any atom is -0.490 e. The summed E-state index contributed by atoms with van der Waals surface area (Å²) in [6.45, 7) is 4.51. The van der Waals surface area contributed by atoms with E-state index in [9.17, 15) is 4.79 Å². The molecule has 1 aromatic rings. The van der Waals surface area contributed by atoms with Crippen molar-refractivity contribution in [3.8, 4) is 11.5 Å². The van der Waals surface area contributed by atoms with Crippen molar-refractivity contribution < 1.29 is 19.0 Å². The molecule has 0 N–H and O–H groups in total. The minimum atomic E-state index is 0.0757. The van der Waals surface area contributed by atoms with E-state index in [0.29, 0.717) is 44.2 Å². The van der Waals surface area contributed by atoms with E-state index in [1.54, 1.807) is 18.2 Å². The van der Waals surface area contributed by atoms with Crippen LogP contribution in [0.4, 0.5) is 0 Å². The molecular weight excluding hydrogens is 244 g/mol. The Bertz CT molecular complexity index is 428. The number of rotatable bonds is 6. The molecule has 0 atom stereocenters. The Labute approximate surface area is 113 Å². The van der Waals surface area contributed by atoms with Crippen LogP contribution in [0, 0.1) is 0 Å².